The van der Waals surface area contributed by atoms with Crippen molar-refractivity contribution in [3.63, 3.8) is 0 Å². The average Bonchev–Trinajstić information content (AvgIpc) is 2.62. The first-order valence-corrected chi connectivity index (χ1v) is 7.98. The molecule has 0 atom stereocenters. The molecule has 4 nitrogen and oxygen atoms in total. The Hall–Kier alpha value is -2.84. The van der Waals surface area contributed by atoms with E-state index in [9.17, 15) is 0 Å². The van der Waals surface area contributed by atoms with E-state index >= 15 is 0 Å². The monoisotopic (exact) mass is 319 g/mol. The summed E-state index contributed by atoms with van der Waals surface area (Å²) in [5, 5.41) is 9.97. The Kier molecular flexibility index (Phi) is 4.87. The van der Waals surface area contributed by atoms with Gasteiger partial charge >= 0.3 is 0 Å². The van der Waals surface area contributed by atoms with E-state index in [1.165, 1.54) is 5.56 Å². The van der Waals surface area contributed by atoms with Crippen LogP contribution in [0.2, 0.25) is 0 Å². The number of aromatic nitrogens is 2. The van der Waals surface area contributed by atoms with Crippen molar-refractivity contribution in [3.05, 3.63) is 78.2 Å². The summed E-state index contributed by atoms with van der Waals surface area (Å²) in [6.07, 6.45) is 5.10. The van der Waals surface area contributed by atoms with Gasteiger partial charge in [0.05, 0.1) is 11.8 Å². The van der Waals surface area contributed by atoms with Crippen LogP contribution in [-0.2, 0) is 5.75 Å². The van der Waals surface area contributed by atoms with Crippen LogP contribution in [0.15, 0.2) is 72.1 Å². The van der Waals surface area contributed by atoms with E-state index in [0.29, 0.717) is 17.1 Å². The largest absolute Gasteiger partial charge is 0.456 e. The van der Waals surface area contributed by atoms with Crippen LogP contribution in [0.4, 0.5) is 0 Å². The molecule has 0 aliphatic rings. The van der Waals surface area contributed by atoms with Crippen LogP contribution in [-0.4, -0.2) is 9.97 Å². The molecule has 23 heavy (non-hydrogen) atoms. The second kappa shape index (κ2) is 7.43. The Morgan fingerprint density at radius 3 is 2.61 bits per heavy atom. The quantitative estimate of drug-likeness (QED) is 0.651. The molecule has 0 N–H and O–H groups in total. The van der Waals surface area contributed by atoms with Gasteiger partial charge in [0, 0.05) is 18.1 Å². The van der Waals surface area contributed by atoms with Crippen LogP contribution in [0.25, 0.3) is 0 Å². The van der Waals surface area contributed by atoms with E-state index in [4.69, 9.17) is 10.00 Å². The summed E-state index contributed by atoms with van der Waals surface area (Å²) >= 11 is 1.63. The lowest BCUT2D eigenvalue weighted by Gasteiger charge is -2.08. The lowest BCUT2D eigenvalue weighted by atomic mass is 10.2. The molecule has 0 aliphatic carbocycles. The van der Waals surface area contributed by atoms with E-state index in [1.54, 1.807) is 42.5 Å². The molecule has 5 heteroatoms. The fraction of sp³-hybridized carbons (Fsp3) is 0.0556. The molecule has 0 radical (unpaired) electrons. The molecule has 0 spiro atoms. The molecule has 0 fully saturated rings. The highest BCUT2D eigenvalue weighted by atomic mass is 32.2. The highest BCUT2D eigenvalue weighted by Crippen LogP contribution is 2.26. The molecule has 3 rings (SSSR count). The van der Waals surface area contributed by atoms with Crippen molar-refractivity contribution < 1.29 is 4.74 Å². The topological polar surface area (TPSA) is 58.8 Å². The van der Waals surface area contributed by atoms with Crippen molar-refractivity contribution in [1.82, 2.24) is 9.97 Å². The summed E-state index contributed by atoms with van der Waals surface area (Å²) in [5.41, 5.74) is 1.69. The minimum Gasteiger partial charge on any atom is -0.456 e. The van der Waals surface area contributed by atoms with Crippen molar-refractivity contribution in [1.29, 1.82) is 5.26 Å². The van der Waals surface area contributed by atoms with Gasteiger partial charge in [0.1, 0.15) is 22.6 Å². The van der Waals surface area contributed by atoms with Gasteiger partial charge in [-0.3, -0.25) is 4.98 Å². The van der Waals surface area contributed by atoms with Crippen LogP contribution < -0.4 is 4.74 Å². The number of nitriles is 1. The number of benzene rings is 2. The Balaban J connectivity index is 1.64. The van der Waals surface area contributed by atoms with Crippen molar-refractivity contribution in [2.24, 2.45) is 0 Å². The predicted molar refractivity (Wildman–Crippen MR) is 89.3 cm³/mol. The molecular formula is C18H13N3OS. The Morgan fingerprint density at radius 2 is 1.87 bits per heavy atom. The first kappa shape index (κ1) is 15.1. The van der Waals surface area contributed by atoms with Gasteiger partial charge in [-0.15, -0.1) is 11.8 Å². The highest BCUT2D eigenvalue weighted by Gasteiger charge is 2.04. The minimum atomic E-state index is 0.523. The maximum atomic E-state index is 9.07. The van der Waals surface area contributed by atoms with Gasteiger partial charge in [-0.05, 0) is 29.8 Å². The van der Waals surface area contributed by atoms with Crippen LogP contribution >= 0.6 is 11.8 Å². The van der Waals surface area contributed by atoms with E-state index in [2.05, 4.69) is 16.0 Å². The number of hydrogen-bond donors (Lipinski definition) is 0. The Morgan fingerprint density at radius 1 is 1.04 bits per heavy atom. The van der Waals surface area contributed by atoms with E-state index in [1.807, 2.05) is 36.4 Å². The van der Waals surface area contributed by atoms with E-state index in [0.717, 1.165) is 10.8 Å². The van der Waals surface area contributed by atoms with Gasteiger partial charge < -0.3 is 4.74 Å². The lowest BCUT2D eigenvalue weighted by molar-refractivity contribution is 0.481. The number of para-hydroxylation sites is 1. The van der Waals surface area contributed by atoms with Crippen molar-refractivity contribution >= 4 is 11.8 Å². The smallest absolute Gasteiger partial charge is 0.145 e. The van der Waals surface area contributed by atoms with Crippen LogP contribution in [0, 0.1) is 11.3 Å². The van der Waals surface area contributed by atoms with Crippen molar-refractivity contribution in [2.75, 3.05) is 0 Å². The number of rotatable bonds is 5. The first-order valence-electron chi connectivity index (χ1n) is 7.00. The zero-order valence-electron chi connectivity index (χ0n) is 12.2. The van der Waals surface area contributed by atoms with Gasteiger partial charge in [-0.2, -0.15) is 5.26 Å². The second-order valence-electron chi connectivity index (χ2n) is 4.69. The number of hydrogen-bond acceptors (Lipinski definition) is 5. The molecule has 0 saturated heterocycles. The Bertz CT molecular complexity index is 814. The zero-order valence-corrected chi connectivity index (χ0v) is 13.0. The summed E-state index contributed by atoms with van der Waals surface area (Å²) in [6, 6.07) is 17.1. The van der Waals surface area contributed by atoms with Crippen LogP contribution in [0.1, 0.15) is 11.1 Å². The number of ether oxygens (including phenoxy) is 1. The molecule has 0 unspecified atom stereocenters. The third-order valence-electron chi connectivity index (χ3n) is 3.08. The van der Waals surface area contributed by atoms with Crippen molar-refractivity contribution in [3.8, 4) is 17.6 Å². The standard InChI is InChI=1S/C18H13N3OS/c19-11-15-3-1-2-4-17(15)22-16-7-5-14(6-8-16)13-23-18-12-20-9-10-21-18/h1-10,12H,13H2. The lowest BCUT2D eigenvalue weighted by Crippen LogP contribution is -1.89. The zero-order chi connectivity index (χ0) is 15.9. The SMILES string of the molecule is N#Cc1ccccc1Oc1ccc(CSc2cnccn2)cc1. The normalized spacial score (nSPS) is 10.0. The molecule has 2 aromatic carbocycles. The third-order valence-corrected chi connectivity index (χ3v) is 4.07. The van der Waals surface area contributed by atoms with Crippen molar-refractivity contribution in [2.45, 2.75) is 10.8 Å². The molecule has 0 aliphatic heterocycles. The van der Waals surface area contributed by atoms with E-state index < -0.39 is 0 Å². The number of thioether (sulfide) groups is 1. The van der Waals surface area contributed by atoms with Gasteiger partial charge in [0.15, 0.2) is 0 Å². The third kappa shape index (κ3) is 4.09. The fourth-order valence-corrected chi connectivity index (χ4v) is 2.72. The predicted octanol–water partition coefficient (Wildman–Crippen LogP) is 4.43. The van der Waals surface area contributed by atoms with Crippen LogP contribution in [0.5, 0.6) is 11.5 Å². The molecule has 112 valence electrons. The molecule has 0 saturated carbocycles. The molecule has 0 amide bonds. The fourth-order valence-electron chi connectivity index (χ4n) is 1.95. The van der Waals surface area contributed by atoms with Gasteiger partial charge in [-0.25, -0.2) is 4.98 Å². The highest BCUT2D eigenvalue weighted by molar-refractivity contribution is 7.98. The van der Waals surface area contributed by atoms with Gasteiger partial charge in [-0.1, -0.05) is 24.3 Å². The maximum Gasteiger partial charge on any atom is 0.145 e. The maximum absolute atomic E-state index is 9.07. The summed E-state index contributed by atoms with van der Waals surface area (Å²) in [7, 11) is 0. The van der Waals surface area contributed by atoms with Gasteiger partial charge in [0.2, 0.25) is 0 Å². The summed E-state index contributed by atoms with van der Waals surface area (Å²) in [4.78, 5) is 8.28. The second-order valence-corrected chi connectivity index (χ2v) is 5.68. The summed E-state index contributed by atoms with van der Waals surface area (Å²) in [6.45, 7) is 0. The average molecular weight is 319 g/mol. The molecule has 1 aromatic heterocycles. The van der Waals surface area contributed by atoms with Crippen LogP contribution in [0.3, 0.4) is 0 Å². The van der Waals surface area contributed by atoms with E-state index in [-0.39, 0.29) is 0 Å². The summed E-state index contributed by atoms with van der Waals surface area (Å²) in [5.74, 6) is 2.09. The molecular weight excluding hydrogens is 306 g/mol. The number of nitrogens with zero attached hydrogens (tertiary/aromatic N) is 3. The molecule has 0 bridgehead atoms. The Labute approximate surface area is 138 Å². The minimum absolute atomic E-state index is 0.523. The molecule has 3 aromatic rings. The summed E-state index contributed by atoms with van der Waals surface area (Å²) < 4.78 is 5.77. The molecule has 1 heterocycles. The van der Waals surface area contributed by atoms with Gasteiger partial charge in [0.25, 0.3) is 0 Å². The first-order chi connectivity index (χ1) is 11.3.